The van der Waals surface area contributed by atoms with Crippen LogP contribution in [0.4, 0.5) is 0 Å². The summed E-state index contributed by atoms with van der Waals surface area (Å²) in [5.74, 6) is -1.55. The van der Waals surface area contributed by atoms with E-state index in [1.54, 1.807) is 31.2 Å². The van der Waals surface area contributed by atoms with Gasteiger partial charge in [-0.1, -0.05) is 38.5 Å². The smallest absolute Gasteiger partial charge is 0.326 e. The van der Waals surface area contributed by atoms with Gasteiger partial charge in [-0.25, -0.2) is 4.79 Å². The molecule has 1 rings (SSSR count). The zero-order chi connectivity index (χ0) is 14.4. The van der Waals surface area contributed by atoms with Gasteiger partial charge in [0.2, 0.25) is 0 Å². The van der Waals surface area contributed by atoms with Crippen molar-refractivity contribution in [3.63, 3.8) is 0 Å². The number of carbonyl (C=O) groups is 2. The van der Waals surface area contributed by atoms with E-state index in [2.05, 4.69) is 5.32 Å². The molecule has 0 bridgehead atoms. The highest BCUT2D eigenvalue weighted by atomic mass is 16.4. The van der Waals surface area contributed by atoms with E-state index in [0.29, 0.717) is 17.5 Å². The number of carboxylic acids is 1. The minimum Gasteiger partial charge on any atom is -0.480 e. The molecule has 5 nitrogen and oxygen atoms in total. The van der Waals surface area contributed by atoms with E-state index in [0.717, 1.165) is 0 Å². The molecule has 5 heteroatoms. The Morgan fingerprint density at radius 3 is 2.53 bits per heavy atom. The molecule has 4 N–H and O–H groups in total. The molecule has 2 atom stereocenters. The molecule has 0 aliphatic rings. The van der Waals surface area contributed by atoms with Gasteiger partial charge in [0.15, 0.2) is 0 Å². The second-order valence-corrected chi connectivity index (χ2v) is 4.54. The summed E-state index contributed by atoms with van der Waals surface area (Å²) in [6, 6.07) is 6.04. The van der Waals surface area contributed by atoms with Crippen molar-refractivity contribution in [1.82, 2.24) is 5.32 Å². The standard InChI is InChI=1S/C14H20N2O3/c1-3-9(2)12(14(18)19)16-13(17)11-7-5-4-6-10(11)8-15/h4-7,9,12H,3,8,15H2,1-2H3,(H,16,17)(H,18,19). The Hall–Kier alpha value is -1.88. The van der Waals surface area contributed by atoms with Crippen LogP contribution < -0.4 is 11.1 Å². The molecule has 0 aliphatic heterocycles. The molecule has 0 aromatic heterocycles. The SMILES string of the molecule is CCC(C)C(NC(=O)c1ccccc1CN)C(=O)O. The largest absolute Gasteiger partial charge is 0.480 e. The third kappa shape index (κ3) is 3.79. The molecule has 1 amide bonds. The van der Waals surface area contributed by atoms with Gasteiger partial charge in [-0.05, 0) is 17.5 Å². The number of hydrogen-bond acceptors (Lipinski definition) is 3. The molecule has 0 radical (unpaired) electrons. The van der Waals surface area contributed by atoms with Crippen LogP contribution in [0.2, 0.25) is 0 Å². The summed E-state index contributed by atoms with van der Waals surface area (Å²) in [7, 11) is 0. The highest BCUT2D eigenvalue weighted by Crippen LogP contribution is 2.12. The van der Waals surface area contributed by atoms with Crippen molar-refractivity contribution in [2.75, 3.05) is 0 Å². The van der Waals surface area contributed by atoms with Gasteiger partial charge in [0.25, 0.3) is 5.91 Å². The van der Waals surface area contributed by atoms with Crippen molar-refractivity contribution in [1.29, 1.82) is 0 Å². The maximum absolute atomic E-state index is 12.1. The van der Waals surface area contributed by atoms with Crippen molar-refractivity contribution < 1.29 is 14.7 Å². The van der Waals surface area contributed by atoms with Crippen LogP contribution in [0.25, 0.3) is 0 Å². The molecule has 19 heavy (non-hydrogen) atoms. The number of benzene rings is 1. The first-order valence-corrected chi connectivity index (χ1v) is 6.32. The maximum Gasteiger partial charge on any atom is 0.326 e. The van der Waals surface area contributed by atoms with Crippen molar-refractivity contribution in [2.45, 2.75) is 32.9 Å². The topological polar surface area (TPSA) is 92.4 Å². The molecule has 0 heterocycles. The van der Waals surface area contributed by atoms with Crippen LogP contribution >= 0.6 is 0 Å². The van der Waals surface area contributed by atoms with Gasteiger partial charge in [-0.15, -0.1) is 0 Å². The lowest BCUT2D eigenvalue weighted by Crippen LogP contribution is -2.45. The average molecular weight is 264 g/mol. The van der Waals surface area contributed by atoms with Crippen molar-refractivity contribution in [3.05, 3.63) is 35.4 Å². The molecule has 1 aromatic rings. The predicted molar refractivity (Wildman–Crippen MR) is 72.7 cm³/mol. The summed E-state index contributed by atoms with van der Waals surface area (Å²) >= 11 is 0. The van der Waals surface area contributed by atoms with Crippen LogP contribution in [0.5, 0.6) is 0 Å². The third-order valence-electron chi connectivity index (χ3n) is 3.25. The van der Waals surface area contributed by atoms with Crippen molar-refractivity contribution in [2.24, 2.45) is 11.7 Å². The average Bonchev–Trinajstić information content (AvgIpc) is 2.43. The Labute approximate surface area is 112 Å². The number of hydrogen-bond donors (Lipinski definition) is 3. The van der Waals surface area contributed by atoms with E-state index in [1.165, 1.54) is 0 Å². The number of carboxylic acid groups (broad SMARTS) is 1. The van der Waals surface area contributed by atoms with Crippen molar-refractivity contribution >= 4 is 11.9 Å². The second kappa shape index (κ2) is 6.89. The molecule has 0 saturated carbocycles. The summed E-state index contributed by atoms with van der Waals surface area (Å²) < 4.78 is 0. The highest BCUT2D eigenvalue weighted by Gasteiger charge is 2.26. The van der Waals surface area contributed by atoms with Gasteiger partial charge < -0.3 is 16.2 Å². The first-order chi connectivity index (χ1) is 9.01. The quantitative estimate of drug-likeness (QED) is 0.723. The zero-order valence-corrected chi connectivity index (χ0v) is 11.2. The van der Waals surface area contributed by atoms with Crippen molar-refractivity contribution in [3.8, 4) is 0 Å². The van der Waals surface area contributed by atoms with Gasteiger partial charge in [0.1, 0.15) is 6.04 Å². The first kappa shape index (κ1) is 15.2. The summed E-state index contributed by atoms with van der Waals surface area (Å²) in [6.07, 6.45) is 0.676. The van der Waals surface area contributed by atoms with E-state index < -0.39 is 17.9 Å². The molecular formula is C14H20N2O3. The lowest BCUT2D eigenvalue weighted by atomic mass is 9.98. The van der Waals surface area contributed by atoms with Crippen LogP contribution in [-0.2, 0) is 11.3 Å². The van der Waals surface area contributed by atoms with Crippen LogP contribution in [-0.4, -0.2) is 23.0 Å². The molecule has 0 fully saturated rings. The van der Waals surface area contributed by atoms with Crippen LogP contribution in [0.15, 0.2) is 24.3 Å². The molecular weight excluding hydrogens is 244 g/mol. The number of aliphatic carboxylic acids is 1. The van der Waals surface area contributed by atoms with E-state index in [1.807, 2.05) is 6.92 Å². The predicted octanol–water partition coefficient (Wildman–Crippen LogP) is 1.37. The number of amides is 1. The molecule has 104 valence electrons. The molecule has 0 saturated heterocycles. The number of carbonyl (C=O) groups excluding carboxylic acids is 1. The van der Waals surface area contributed by atoms with Crippen LogP contribution in [0.1, 0.15) is 36.2 Å². The first-order valence-electron chi connectivity index (χ1n) is 6.32. The third-order valence-corrected chi connectivity index (χ3v) is 3.25. The summed E-state index contributed by atoms with van der Waals surface area (Å²) in [4.78, 5) is 23.3. The van der Waals surface area contributed by atoms with E-state index in [9.17, 15) is 9.59 Å². The van der Waals surface area contributed by atoms with Gasteiger partial charge in [0, 0.05) is 12.1 Å². The zero-order valence-electron chi connectivity index (χ0n) is 11.2. The number of rotatable bonds is 6. The Balaban J connectivity index is 2.91. The van der Waals surface area contributed by atoms with Gasteiger partial charge >= 0.3 is 5.97 Å². The lowest BCUT2D eigenvalue weighted by molar-refractivity contribution is -0.140. The van der Waals surface area contributed by atoms with Gasteiger partial charge in [-0.3, -0.25) is 4.79 Å². The fraction of sp³-hybridized carbons (Fsp3) is 0.429. The minimum atomic E-state index is -1.02. The molecule has 2 unspecified atom stereocenters. The molecule has 1 aromatic carbocycles. The Morgan fingerprint density at radius 2 is 2.00 bits per heavy atom. The number of nitrogens with two attached hydrogens (primary N) is 1. The van der Waals surface area contributed by atoms with Gasteiger partial charge in [0.05, 0.1) is 0 Å². The molecule has 0 aliphatic carbocycles. The van der Waals surface area contributed by atoms with Gasteiger partial charge in [-0.2, -0.15) is 0 Å². The summed E-state index contributed by atoms with van der Waals surface area (Å²) in [5, 5.41) is 11.7. The van der Waals surface area contributed by atoms with Crippen LogP contribution in [0.3, 0.4) is 0 Å². The normalized spacial score (nSPS) is 13.6. The monoisotopic (exact) mass is 264 g/mol. The summed E-state index contributed by atoms with van der Waals surface area (Å²) in [5.41, 5.74) is 6.70. The lowest BCUT2D eigenvalue weighted by Gasteiger charge is -2.20. The maximum atomic E-state index is 12.1. The molecule has 0 spiro atoms. The van der Waals surface area contributed by atoms with E-state index in [4.69, 9.17) is 10.8 Å². The summed E-state index contributed by atoms with van der Waals surface area (Å²) in [6.45, 7) is 3.93. The Kier molecular flexibility index (Phi) is 5.51. The van der Waals surface area contributed by atoms with E-state index in [-0.39, 0.29) is 12.5 Å². The second-order valence-electron chi connectivity index (χ2n) is 4.54. The Morgan fingerprint density at radius 1 is 1.37 bits per heavy atom. The number of nitrogens with one attached hydrogen (secondary N) is 1. The fourth-order valence-electron chi connectivity index (χ4n) is 1.82. The van der Waals surface area contributed by atoms with E-state index >= 15 is 0 Å². The van der Waals surface area contributed by atoms with Crippen LogP contribution in [0, 0.1) is 5.92 Å². The highest BCUT2D eigenvalue weighted by molar-refractivity contribution is 5.97. The fourth-order valence-corrected chi connectivity index (χ4v) is 1.82. The Bertz CT molecular complexity index is 460. The minimum absolute atomic E-state index is 0.133.